The van der Waals surface area contributed by atoms with Gasteiger partial charge in [0.1, 0.15) is 0 Å². The number of hydrogen-bond acceptors (Lipinski definition) is 1. The first kappa shape index (κ1) is 11.3. The van der Waals surface area contributed by atoms with Crippen LogP contribution in [-0.2, 0) is 4.79 Å². The van der Waals surface area contributed by atoms with Crippen molar-refractivity contribution in [1.29, 1.82) is 0 Å². The normalized spacial score (nSPS) is 32.5. The molecule has 0 aromatic heterocycles. The van der Waals surface area contributed by atoms with E-state index >= 15 is 0 Å². The Bertz CT molecular complexity index is 210. The van der Waals surface area contributed by atoms with Crippen LogP contribution in [0.5, 0.6) is 0 Å². The monoisotopic (exact) mass is 196 g/mol. The first-order chi connectivity index (χ1) is 6.65. The fourth-order valence-corrected chi connectivity index (χ4v) is 2.47. The molecular formula is C12H20O2. The second-order valence-corrected chi connectivity index (χ2v) is 4.49. The summed E-state index contributed by atoms with van der Waals surface area (Å²) in [5.41, 5.74) is 0. The van der Waals surface area contributed by atoms with E-state index in [4.69, 9.17) is 5.11 Å². The molecule has 80 valence electrons. The zero-order valence-corrected chi connectivity index (χ0v) is 8.91. The Hall–Kier alpha value is -0.790. The van der Waals surface area contributed by atoms with Crippen LogP contribution in [0.15, 0.2) is 12.7 Å². The van der Waals surface area contributed by atoms with E-state index in [1.54, 1.807) is 0 Å². The lowest BCUT2D eigenvalue weighted by atomic mass is 9.73. The highest BCUT2D eigenvalue weighted by Gasteiger charge is 2.32. The molecule has 3 unspecified atom stereocenters. The smallest absolute Gasteiger partial charge is 0.306 e. The molecule has 1 aliphatic rings. The summed E-state index contributed by atoms with van der Waals surface area (Å²) in [4.78, 5) is 11.0. The first-order valence-electron chi connectivity index (χ1n) is 5.48. The number of allylic oxidation sites excluding steroid dienone is 1. The molecule has 2 nitrogen and oxygen atoms in total. The SMILES string of the molecule is C=CCCC1CC(C)CCC1C(=O)O. The molecule has 0 aromatic carbocycles. The van der Waals surface area contributed by atoms with E-state index in [9.17, 15) is 4.79 Å². The number of carboxylic acids is 1. The lowest BCUT2D eigenvalue weighted by Crippen LogP contribution is -2.29. The van der Waals surface area contributed by atoms with Gasteiger partial charge in [-0.2, -0.15) is 0 Å². The van der Waals surface area contributed by atoms with Gasteiger partial charge in [0, 0.05) is 0 Å². The minimum absolute atomic E-state index is 0.105. The van der Waals surface area contributed by atoms with E-state index in [1.807, 2.05) is 6.08 Å². The molecule has 0 bridgehead atoms. The molecule has 1 rings (SSSR count). The van der Waals surface area contributed by atoms with Gasteiger partial charge in [-0.25, -0.2) is 0 Å². The number of aliphatic carboxylic acids is 1. The second kappa shape index (κ2) is 5.18. The molecule has 0 amide bonds. The van der Waals surface area contributed by atoms with Gasteiger partial charge in [0.2, 0.25) is 0 Å². The van der Waals surface area contributed by atoms with Crippen LogP contribution in [0.3, 0.4) is 0 Å². The van der Waals surface area contributed by atoms with Gasteiger partial charge in [-0.15, -0.1) is 6.58 Å². The largest absolute Gasteiger partial charge is 0.481 e. The molecule has 0 heterocycles. The molecule has 14 heavy (non-hydrogen) atoms. The van der Waals surface area contributed by atoms with Gasteiger partial charge in [-0.1, -0.05) is 13.0 Å². The van der Waals surface area contributed by atoms with Crippen LogP contribution in [-0.4, -0.2) is 11.1 Å². The van der Waals surface area contributed by atoms with Gasteiger partial charge in [-0.3, -0.25) is 4.79 Å². The van der Waals surface area contributed by atoms with Crippen molar-refractivity contribution in [3.05, 3.63) is 12.7 Å². The quantitative estimate of drug-likeness (QED) is 0.701. The van der Waals surface area contributed by atoms with Gasteiger partial charge in [-0.05, 0) is 43.9 Å². The molecule has 3 atom stereocenters. The maximum Gasteiger partial charge on any atom is 0.306 e. The standard InChI is InChI=1S/C12H20O2/c1-3-4-5-10-8-9(2)6-7-11(10)12(13)14/h3,9-11H,1,4-8H2,2H3,(H,13,14). The minimum Gasteiger partial charge on any atom is -0.481 e. The zero-order valence-electron chi connectivity index (χ0n) is 8.91. The summed E-state index contributed by atoms with van der Waals surface area (Å²) in [7, 11) is 0. The first-order valence-corrected chi connectivity index (χ1v) is 5.48. The van der Waals surface area contributed by atoms with Crippen LogP contribution in [0.4, 0.5) is 0 Å². The van der Waals surface area contributed by atoms with Gasteiger partial charge in [0.15, 0.2) is 0 Å². The minimum atomic E-state index is -0.606. The van der Waals surface area contributed by atoms with Gasteiger partial charge < -0.3 is 5.11 Å². The summed E-state index contributed by atoms with van der Waals surface area (Å²) in [6.45, 7) is 5.91. The number of carbonyl (C=O) groups is 1. The molecule has 0 radical (unpaired) electrons. The Balaban J connectivity index is 2.53. The maximum atomic E-state index is 11.0. The predicted octanol–water partition coefficient (Wildman–Crippen LogP) is 3.09. The summed E-state index contributed by atoms with van der Waals surface area (Å²) < 4.78 is 0. The van der Waals surface area contributed by atoms with Crippen molar-refractivity contribution in [2.24, 2.45) is 17.8 Å². The highest BCUT2D eigenvalue weighted by Crippen LogP contribution is 2.36. The molecular weight excluding hydrogens is 176 g/mol. The van der Waals surface area contributed by atoms with Crippen molar-refractivity contribution in [1.82, 2.24) is 0 Å². The van der Waals surface area contributed by atoms with Crippen LogP contribution in [0.25, 0.3) is 0 Å². The van der Waals surface area contributed by atoms with Crippen LogP contribution >= 0.6 is 0 Å². The number of carboxylic acid groups (broad SMARTS) is 1. The van der Waals surface area contributed by atoms with E-state index in [-0.39, 0.29) is 5.92 Å². The van der Waals surface area contributed by atoms with Crippen molar-refractivity contribution in [3.8, 4) is 0 Å². The molecule has 1 fully saturated rings. The third-order valence-corrected chi connectivity index (χ3v) is 3.30. The highest BCUT2D eigenvalue weighted by atomic mass is 16.4. The average molecular weight is 196 g/mol. The van der Waals surface area contributed by atoms with Crippen molar-refractivity contribution < 1.29 is 9.90 Å². The second-order valence-electron chi connectivity index (χ2n) is 4.49. The molecule has 1 aliphatic carbocycles. The maximum absolute atomic E-state index is 11.0. The summed E-state index contributed by atoms with van der Waals surface area (Å²) in [5.74, 6) is 0.353. The van der Waals surface area contributed by atoms with E-state index in [1.165, 1.54) is 0 Å². The summed E-state index contributed by atoms with van der Waals surface area (Å²) in [6.07, 6.45) is 6.83. The Morgan fingerprint density at radius 1 is 1.57 bits per heavy atom. The van der Waals surface area contributed by atoms with E-state index < -0.39 is 5.97 Å². The topological polar surface area (TPSA) is 37.3 Å². The number of rotatable bonds is 4. The van der Waals surface area contributed by atoms with Crippen LogP contribution in [0.1, 0.15) is 39.0 Å². The Morgan fingerprint density at radius 2 is 2.29 bits per heavy atom. The summed E-state index contributed by atoms with van der Waals surface area (Å²) in [5, 5.41) is 9.07. The van der Waals surface area contributed by atoms with Crippen LogP contribution < -0.4 is 0 Å². The predicted molar refractivity (Wildman–Crippen MR) is 57.1 cm³/mol. The Kier molecular flexibility index (Phi) is 4.18. The van der Waals surface area contributed by atoms with Crippen LogP contribution in [0, 0.1) is 17.8 Å². The van der Waals surface area contributed by atoms with Crippen molar-refractivity contribution >= 4 is 5.97 Å². The van der Waals surface area contributed by atoms with Crippen LogP contribution in [0.2, 0.25) is 0 Å². The van der Waals surface area contributed by atoms with E-state index in [0.717, 1.165) is 32.1 Å². The summed E-state index contributed by atoms with van der Waals surface area (Å²) in [6, 6.07) is 0. The average Bonchev–Trinajstić information content (AvgIpc) is 2.14. The highest BCUT2D eigenvalue weighted by molar-refractivity contribution is 5.70. The number of hydrogen-bond donors (Lipinski definition) is 1. The molecule has 0 spiro atoms. The molecule has 1 saturated carbocycles. The van der Waals surface area contributed by atoms with E-state index in [2.05, 4.69) is 13.5 Å². The third-order valence-electron chi connectivity index (χ3n) is 3.30. The van der Waals surface area contributed by atoms with E-state index in [0.29, 0.717) is 11.8 Å². The fraction of sp³-hybridized carbons (Fsp3) is 0.750. The third kappa shape index (κ3) is 2.86. The molecule has 0 saturated heterocycles. The lowest BCUT2D eigenvalue weighted by Gasteiger charge is -2.32. The van der Waals surface area contributed by atoms with Crippen molar-refractivity contribution in [3.63, 3.8) is 0 Å². The van der Waals surface area contributed by atoms with Gasteiger partial charge >= 0.3 is 5.97 Å². The van der Waals surface area contributed by atoms with Gasteiger partial charge in [0.25, 0.3) is 0 Å². The summed E-state index contributed by atoms with van der Waals surface area (Å²) >= 11 is 0. The fourth-order valence-electron chi connectivity index (χ4n) is 2.47. The van der Waals surface area contributed by atoms with Crippen molar-refractivity contribution in [2.45, 2.75) is 39.0 Å². The lowest BCUT2D eigenvalue weighted by molar-refractivity contribution is -0.145. The molecule has 2 heteroatoms. The van der Waals surface area contributed by atoms with Crippen molar-refractivity contribution in [2.75, 3.05) is 0 Å². The molecule has 0 aliphatic heterocycles. The zero-order chi connectivity index (χ0) is 10.6. The van der Waals surface area contributed by atoms with Gasteiger partial charge in [0.05, 0.1) is 5.92 Å². The molecule has 0 aromatic rings. The Labute approximate surface area is 86.0 Å². The Morgan fingerprint density at radius 3 is 2.86 bits per heavy atom. The molecule has 1 N–H and O–H groups in total.